The normalized spacial score (nSPS) is 13.3. The second-order valence-electron chi connectivity index (χ2n) is 9.27. The van der Waals surface area contributed by atoms with Crippen LogP contribution in [0.15, 0.2) is 65.6 Å². The van der Waals surface area contributed by atoms with Gasteiger partial charge in [-0.25, -0.2) is 0 Å². The minimum absolute atomic E-state index is 0.158. The average molecular weight is 496 g/mol. The van der Waals surface area contributed by atoms with E-state index >= 15 is 0 Å². The average Bonchev–Trinajstić information content (AvgIpc) is 3.52. The molecule has 8 nitrogen and oxygen atoms in total. The third-order valence-electron chi connectivity index (χ3n) is 6.70. The Hall–Kier alpha value is -4.38. The number of rotatable bonds is 9. The Bertz CT molecular complexity index is 1510. The van der Waals surface area contributed by atoms with Gasteiger partial charge in [0, 0.05) is 31.4 Å². The quantitative estimate of drug-likeness (QED) is 0.307. The Labute approximate surface area is 215 Å². The van der Waals surface area contributed by atoms with Crippen molar-refractivity contribution in [3.8, 4) is 23.2 Å². The van der Waals surface area contributed by atoms with Gasteiger partial charge in [-0.15, -0.1) is 0 Å². The van der Waals surface area contributed by atoms with Gasteiger partial charge in [0.2, 0.25) is 17.6 Å². The maximum atomic E-state index is 13.0. The van der Waals surface area contributed by atoms with Crippen LogP contribution >= 0.6 is 0 Å². The molecule has 1 aliphatic rings. The maximum absolute atomic E-state index is 13.0. The molecule has 8 heteroatoms. The van der Waals surface area contributed by atoms with Gasteiger partial charge in [-0.05, 0) is 48.2 Å². The number of hydrogen-bond acceptors (Lipinski definition) is 5. The second-order valence-corrected chi connectivity index (χ2v) is 9.27. The molecule has 4 aromatic rings. The summed E-state index contributed by atoms with van der Waals surface area (Å²) < 4.78 is 9.51. The van der Waals surface area contributed by atoms with E-state index in [2.05, 4.69) is 17.6 Å². The summed E-state index contributed by atoms with van der Waals surface area (Å²) in [5.74, 6) is 0.955. The highest BCUT2D eigenvalue weighted by Crippen LogP contribution is 2.28. The van der Waals surface area contributed by atoms with Crippen molar-refractivity contribution in [2.45, 2.75) is 52.2 Å². The van der Waals surface area contributed by atoms with E-state index in [0.29, 0.717) is 17.8 Å². The molecule has 0 N–H and O–H groups in total. The minimum Gasteiger partial charge on any atom is -0.473 e. The number of aryl methyl sites for hydroxylation is 1. The number of unbranched alkanes of at least 4 members (excludes halogenated alkanes) is 2. The first-order valence-electron chi connectivity index (χ1n) is 12.7. The standard InChI is InChI=1S/C29H29N5O3/c1-2-3-4-15-33-25(23-11-13-24(14-12-23)32-16-5-6-27(32)35)19-34-28(36)17-26(31-29(33)34)37-20-22-9-7-21(18-30)8-10-22/h7-14,17,19H,2-6,15-16,20H2,1H3. The fourth-order valence-electron chi connectivity index (χ4n) is 4.68. The summed E-state index contributed by atoms with van der Waals surface area (Å²) in [6.45, 7) is 3.87. The molecule has 1 saturated heterocycles. The van der Waals surface area contributed by atoms with Crippen LogP contribution in [0.5, 0.6) is 5.88 Å². The number of fused-ring (bicyclic) bond motifs is 1. The van der Waals surface area contributed by atoms with Gasteiger partial charge in [0.15, 0.2) is 0 Å². The van der Waals surface area contributed by atoms with Crippen LogP contribution in [-0.2, 0) is 17.9 Å². The fourth-order valence-corrected chi connectivity index (χ4v) is 4.68. The molecule has 1 fully saturated rings. The number of aromatic nitrogens is 3. The molecule has 0 atom stereocenters. The van der Waals surface area contributed by atoms with Gasteiger partial charge in [0.05, 0.1) is 23.4 Å². The Morgan fingerprint density at radius 3 is 2.51 bits per heavy atom. The van der Waals surface area contributed by atoms with E-state index in [9.17, 15) is 9.59 Å². The Morgan fingerprint density at radius 2 is 1.84 bits per heavy atom. The van der Waals surface area contributed by atoms with Gasteiger partial charge in [0.1, 0.15) is 6.61 Å². The van der Waals surface area contributed by atoms with Crippen LogP contribution in [0.2, 0.25) is 0 Å². The molecule has 3 heterocycles. The Kier molecular flexibility index (Phi) is 7.04. The first-order chi connectivity index (χ1) is 18.1. The van der Waals surface area contributed by atoms with Crippen molar-refractivity contribution in [2.24, 2.45) is 0 Å². The van der Waals surface area contributed by atoms with Gasteiger partial charge in [0.25, 0.3) is 5.56 Å². The first kappa shape index (κ1) is 24.3. The molecular weight excluding hydrogens is 466 g/mol. The third kappa shape index (κ3) is 5.12. The molecule has 2 aromatic heterocycles. The predicted molar refractivity (Wildman–Crippen MR) is 141 cm³/mol. The molecule has 0 unspecified atom stereocenters. The smallest absolute Gasteiger partial charge is 0.262 e. The zero-order valence-corrected chi connectivity index (χ0v) is 20.9. The van der Waals surface area contributed by atoms with Crippen molar-refractivity contribution < 1.29 is 9.53 Å². The van der Waals surface area contributed by atoms with Crippen LogP contribution in [0.3, 0.4) is 0 Å². The van der Waals surface area contributed by atoms with E-state index in [0.717, 1.165) is 61.3 Å². The number of amides is 1. The van der Waals surface area contributed by atoms with Crippen LogP contribution in [0.4, 0.5) is 5.69 Å². The second kappa shape index (κ2) is 10.7. The van der Waals surface area contributed by atoms with Crippen molar-refractivity contribution in [3.63, 3.8) is 0 Å². The van der Waals surface area contributed by atoms with Gasteiger partial charge in [-0.1, -0.05) is 44.0 Å². The zero-order chi connectivity index (χ0) is 25.8. The molecule has 5 rings (SSSR count). The topological polar surface area (TPSA) is 92.6 Å². The lowest BCUT2D eigenvalue weighted by atomic mass is 10.1. The number of carbonyl (C=O) groups is 1. The van der Waals surface area contributed by atoms with Crippen molar-refractivity contribution in [2.75, 3.05) is 11.4 Å². The summed E-state index contributed by atoms with van der Waals surface area (Å²) in [6, 6.07) is 18.6. The van der Waals surface area contributed by atoms with Gasteiger partial charge >= 0.3 is 0 Å². The molecule has 0 radical (unpaired) electrons. The number of anilines is 1. The Morgan fingerprint density at radius 1 is 1.05 bits per heavy atom. The van der Waals surface area contributed by atoms with E-state index in [-0.39, 0.29) is 24.0 Å². The summed E-state index contributed by atoms with van der Waals surface area (Å²) in [5.41, 5.74) is 4.00. The van der Waals surface area contributed by atoms with E-state index in [1.54, 1.807) is 16.5 Å². The molecule has 0 bridgehead atoms. The zero-order valence-electron chi connectivity index (χ0n) is 20.9. The van der Waals surface area contributed by atoms with Crippen molar-refractivity contribution in [1.82, 2.24) is 14.0 Å². The van der Waals surface area contributed by atoms with Crippen LogP contribution in [0.1, 0.15) is 50.2 Å². The Balaban J connectivity index is 1.47. The summed E-state index contributed by atoms with van der Waals surface area (Å²) in [7, 11) is 0. The van der Waals surface area contributed by atoms with Crippen molar-refractivity contribution >= 4 is 17.4 Å². The summed E-state index contributed by atoms with van der Waals surface area (Å²) >= 11 is 0. The summed E-state index contributed by atoms with van der Waals surface area (Å²) in [4.78, 5) is 31.7. The van der Waals surface area contributed by atoms with Crippen molar-refractivity contribution in [3.05, 3.63) is 82.3 Å². The fraction of sp³-hybridized carbons (Fsp3) is 0.310. The number of benzene rings is 2. The van der Waals surface area contributed by atoms with E-state index in [4.69, 9.17) is 15.0 Å². The highest BCUT2D eigenvalue weighted by Gasteiger charge is 2.22. The maximum Gasteiger partial charge on any atom is 0.262 e. The van der Waals surface area contributed by atoms with Gasteiger partial charge in [-0.3, -0.25) is 14.0 Å². The third-order valence-corrected chi connectivity index (χ3v) is 6.70. The molecule has 0 spiro atoms. The highest BCUT2D eigenvalue weighted by atomic mass is 16.5. The molecule has 2 aromatic carbocycles. The summed E-state index contributed by atoms with van der Waals surface area (Å²) in [6.07, 6.45) is 6.42. The minimum atomic E-state index is -0.213. The molecule has 1 aliphatic heterocycles. The van der Waals surface area contributed by atoms with Crippen LogP contribution < -0.4 is 15.2 Å². The van der Waals surface area contributed by atoms with Gasteiger partial charge in [-0.2, -0.15) is 10.2 Å². The SMILES string of the molecule is CCCCCn1c(-c2ccc(N3CCCC3=O)cc2)cn2c(=O)cc(OCc3ccc(C#N)cc3)nc12. The number of ether oxygens (including phenoxy) is 1. The van der Waals surface area contributed by atoms with Crippen LogP contribution in [-0.4, -0.2) is 26.4 Å². The van der Waals surface area contributed by atoms with E-state index in [1.165, 1.54) is 6.07 Å². The van der Waals surface area contributed by atoms with Crippen molar-refractivity contribution in [1.29, 1.82) is 5.26 Å². The lowest BCUT2D eigenvalue weighted by Gasteiger charge is -2.16. The molecule has 0 saturated carbocycles. The summed E-state index contributed by atoms with van der Waals surface area (Å²) in [5, 5.41) is 8.98. The predicted octanol–water partition coefficient (Wildman–Crippen LogP) is 4.93. The van der Waals surface area contributed by atoms with Gasteiger partial charge < -0.3 is 14.2 Å². The first-order valence-corrected chi connectivity index (χ1v) is 12.7. The monoisotopic (exact) mass is 495 g/mol. The molecule has 1 amide bonds. The van der Waals surface area contributed by atoms with Crippen LogP contribution in [0.25, 0.3) is 17.0 Å². The van der Waals surface area contributed by atoms with Crippen LogP contribution in [0, 0.1) is 11.3 Å². The van der Waals surface area contributed by atoms with E-state index in [1.807, 2.05) is 47.5 Å². The number of carbonyl (C=O) groups excluding carboxylic acids is 1. The molecule has 188 valence electrons. The number of imidazole rings is 1. The molecule has 0 aliphatic carbocycles. The molecule has 37 heavy (non-hydrogen) atoms. The largest absolute Gasteiger partial charge is 0.473 e. The molecular formula is C29H29N5O3. The van der Waals surface area contributed by atoms with E-state index < -0.39 is 0 Å². The number of hydrogen-bond donors (Lipinski definition) is 0. The highest BCUT2D eigenvalue weighted by molar-refractivity contribution is 5.95. The lowest BCUT2D eigenvalue weighted by molar-refractivity contribution is -0.117. The number of nitriles is 1. The lowest BCUT2D eigenvalue weighted by Crippen LogP contribution is -2.23. The number of nitrogens with zero attached hydrogens (tertiary/aromatic N) is 5.